The van der Waals surface area contributed by atoms with Gasteiger partial charge < -0.3 is 10.6 Å². The molecule has 0 atom stereocenters. The van der Waals surface area contributed by atoms with Gasteiger partial charge in [0.25, 0.3) is 0 Å². The molecule has 0 spiro atoms. The standard InChI is InChI=1S/C20H23N3O/c1-20(2,3)16-6-10-17(11-7-16)22-13-12-19(24)23-18-8-4-15(14-21)5-9-18/h4-11,22H,12-13H2,1-3H3,(H,23,24). The number of rotatable bonds is 5. The molecule has 2 rings (SSSR count). The molecule has 1 amide bonds. The van der Waals surface area contributed by atoms with E-state index < -0.39 is 0 Å². The van der Waals surface area contributed by atoms with Crippen LogP contribution < -0.4 is 10.6 Å². The minimum absolute atomic E-state index is 0.0569. The number of nitrogens with one attached hydrogen (secondary N) is 2. The van der Waals surface area contributed by atoms with E-state index in [0.29, 0.717) is 24.2 Å². The maximum absolute atomic E-state index is 11.9. The van der Waals surface area contributed by atoms with Crippen LogP contribution in [0.2, 0.25) is 0 Å². The Labute approximate surface area is 143 Å². The summed E-state index contributed by atoms with van der Waals surface area (Å²) in [4.78, 5) is 11.9. The van der Waals surface area contributed by atoms with Gasteiger partial charge in [-0.1, -0.05) is 32.9 Å². The van der Waals surface area contributed by atoms with Gasteiger partial charge in [0.05, 0.1) is 11.6 Å². The van der Waals surface area contributed by atoms with Crippen molar-refractivity contribution in [2.45, 2.75) is 32.6 Å². The van der Waals surface area contributed by atoms with Crippen LogP contribution >= 0.6 is 0 Å². The van der Waals surface area contributed by atoms with Crippen molar-refractivity contribution in [2.24, 2.45) is 0 Å². The molecular weight excluding hydrogens is 298 g/mol. The smallest absolute Gasteiger partial charge is 0.226 e. The zero-order valence-corrected chi connectivity index (χ0v) is 14.4. The third-order valence-electron chi connectivity index (χ3n) is 3.73. The van der Waals surface area contributed by atoms with Crippen LogP contribution in [0.5, 0.6) is 0 Å². The van der Waals surface area contributed by atoms with E-state index in [2.05, 4.69) is 49.6 Å². The van der Waals surface area contributed by atoms with Crippen LogP contribution in [0.1, 0.15) is 38.3 Å². The monoisotopic (exact) mass is 321 g/mol. The van der Waals surface area contributed by atoms with E-state index in [9.17, 15) is 4.79 Å². The maximum atomic E-state index is 11.9. The van der Waals surface area contributed by atoms with E-state index >= 15 is 0 Å². The zero-order valence-electron chi connectivity index (χ0n) is 14.4. The summed E-state index contributed by atoms with van der Waals surface area (Å²) in [6, 6.07) is 17.2. The highest BCUT2D eigenvalue weighted by molar-refractivity contribution is 5.91. The average molecular weight is 321 g/mol. The number of carbonyl (C=O) groups is 1. The lowest BCUT2D eigenvalue weighted by Crippen LogP contribution is -2.16. The topological polar surface area (TPSA) is 64.9 Å². The molecule has 0 bridgehead atoms. The largest absolute Gasteiger partial charge is 0.385 e. The summed E-state index contributed by atoms with van der Waals surface area (Å²) in [5, 5.41) is 14.8. The van der Waals surface area contributed by atoms with E-state index in [1.807, 2.05) is 12.1 Å². The van der Waals surface area contributed by atoms with E-state index in [1.165, 1.54) is 5.56 Å². The van der Waals surface area contributed by atoms with E-state index in [-0.39, 0.29) is 11.3 Å². The van der Waals surface area contributed by atoms with Gasteiger partial charge in [0.15, 0.2) is 0 Å². The van der Waals surface area contributed by atoms with Gasteiger partial charge in [0.2, 0.25) is 5.91 Å². The lowest BCUT2D eigenvalue weighted by atomic mass is 9.87. The minimum atomic E-state index is -0.0569. The predicted octanol–water partition coefficient (Wildman–Crippen LogP) is 4.30. The summed E-state index contributed by atoms with van der Waals surface area (Å²) in [5.74, 6) is -0.0569. The van der Waals surface area contributed by atoms with Crippen molar-refractivity contribution in [1.82, 2.24) is 0 Å². The lowest BCUT2D eigenvalue weighted by Gasteiger charge is -2.19. The summed E-state index contributed by atoms with van der Waals surface area (Å²) < 4.78 is 0. The molecule has 0 aliphatic heterocycles. The van der Waals surface area contributed by atoms with Gasteiger partial charge in [0, 0.05) is 24.3 Å². The van der Waals surface area contributed by atoms with Crippen LogP contribution in [0.15, 0.2) is 48.5 Å². The summed E-state index contributed by atoms with van der Waals surface area (Å²) in [7, 11) is 0. The molecule has 24 heavy (non-hydrogen) atoms. The molecule has 0 saturated carbocycles. The molecule has 2 N–H and O–H groups in total. The first-order valence-corrected chi connectivity index (χ1v) is 8.03. The first kappa shape index (κ1) is 17.6. The zero-order chi connectivity index (χ0) is 17.6. The number of carbonyl (C=O) groups excluding carboxylic acids is 1. The SMILES string of the molecule is CC(C)(C)c1ccc(NCCC(=O)Nc2ccc(C#N)cc2)cc1. The van der Waals surface area contributed by atoms with Crippen LogP contribution in [0.3, 0.4) is 0 Å². The van der Waals surface area contributed by atoms with Crippen molar-refractivity contribution >= 4 is 17.3 Å². The fourth-order valence-electron chi connectivity index (χ4n) is 2.26. The molecule has 0 aliphatic rings. The highest BCUT2D eigenvalue weighted by atomic mass is 16.1. The number of anilines is 2. The quantitative estimate of drug-likeness (QED) is 0.863. The molecule has 4 heteroatoms. The van der Waals surface area contributed by atoms with E-state index in [4.69, 9.17) is 5.26 Å². The van der Waals surface area contributed by atoms with Gasteiger partial charge in [-0.15, -0.1) is 0 Å². The van der Waals surface area contributed by atoms with Crippen molar-refractivity contribution in [1.29, 1.82) is 5.26 Å². The third-order valence-corrected chi connectivity index (χ3v) is 3.73. The molecular formula is C20H23N3O. The second-order valence-corrected chi connectivity index (χ2v) is 6.74. The van der Waals surface area contributed by atoms with Crippen LogP contribution in [-0.2, 0) is 10.2 Å². The van der Waals surface area contributed by atoms with Gasteiger partial charge in [-0.3, -0.25) is 4.79 Å². The first-order chi connectivity index (χ1) is 11.4. The fourth-order valence-corrected chi connectivity index (χ4v) is 2.26. The van der Waals surface area contributed by atoms with Gasteiger partial charge in [0.1, 0.15) is 0 Å². The number of nitriles is 1. The van der Waals surface area contributed by atoms with Crippen LogP contribution in [0.4, 0.5) is 11.4 Å². The van der Waals surface area contributed by atoms with Gasteiger partial charge in [-0.05, 0) is 47.4 Å². The van der Waals surface area contributed by atoms with Crippen molar-refractivity contribution in [2.75, 3.05) is 17.2 Å². The number of hydrogen-bond acceptors (Lipinski definition) is 3. The molecule has 2 aromatic rings. The molecule has 0 unspecified atom stereocenters. The molecule has 0 aliphatic carbocycles. The molecule has 0 saturated heterocycles. The summed E-state index contributed by atoms with van der Waals surface area (Å²) in [6.45, 7) is 7.12. The Morgan fingerprint density at radius 3 is 2.12 bits per heavy atom. The fraction of sp³-hybridized carbons (Fsp3) is 0.300. The van der Waals surface area contributed by atoms with E-state index in [1.54, 1.807) is 24.3 Å². The normalized spacial score (nSPS) is 10.8. The Hall–Kier alpha value is -2.80. The second-order valence-electron chi connectivity index (χ2n) is 6.74. The average Bonchev–Trinajstić information content (AvgIpc) is 2.55. The van der Waals surface area contributed by atoms with Crippen molar-refractivity contribution < 1.29 is 4.79 Å². The Kier molecular flexibility index (Phi) is 5.59. The van der Waals surface area contributed by atoms with Crippen LogP contribution in [0.25, 0.3) is 0 Å². The highest BCUT2D eigenvalue weighted by Crippen LogP contribution is 2.23. The molecule has 0 aromatic heterocycles. The molecule has 0 heterocycles. The molecule has 2 aromatic carbocycles. The molecule has 0 radical (unpaired) electrons. The Balaban J connectivity index is 1.79. The maximum Gasteiger partial charge on any atom is 0.226 e. The third kappa shape index (κ3) is 5.13. The van der Waals surface area contributed by atoms with Crippen LogP contribution in [-0.4, -0.2) is 12.5 Å². The number of benzene rings is 2. The summed E-state index contributed by atoms with van der Waals surface area (Å²) >= 11 is 0. The van der Waals surface area contributed by atoms with Crippen LogP contribution in [0, 0.1) is 11.3 Å². The summed E-state index contributed by atoms with van der Waals surface area (Å²) in [5.41, 5.74) is 3.71. The molecule has 0 fully saturated rings. The Morgan fingerprint density at radius 2 is 1.58 bits per heavy atom. The summed E-state index contributed by atoms with van der Waals surface area (Å²) in [6.07, 6.45) is 0.376. The first-order valence-electron chi connectivity index (χ1n) is 8.03. The van der Waals surface area contributed by atoms with Crippen molar-refractivity contribution in [3.8, 4) is 6.07 Å². The van der Waals surface area contributed by atoms with Gasteiger partial charge in [-0.25, -0.2) is 0 Å². The Morgan fingerprint density at radius 1 is 1.00 bits per heavy atom. The van der Waals surface area contributed by atoms with Crippen molar-refractivity contribution in [3.05, 3.63) is 59.7 Å². The molecule has 124 valence electrons. The Bertz CT molecular complexity index is 719. The van der Waals surface area contributed by atoms with Gasteiger partial charge in [-0.2, -0.15) is 5.26 Å². The van der Waals surface area contributed by atoms with E-state index in [0.717, 1.165) is 5.69 Å². The van der Waals surface area contributed by atoms with Crippen molar-refractivity contribution in [3.63, 3.8) is 0 Å². The lowest BCUT2D eigenvalue weighted by molar-refractivity contribution is -0.115. The highest BCUT2D eigenvalue weighted by Gasteiger charge is 2.12. The van der Waals surface area contributed by atoms with Gasteiger partial charge >= 0.3 is 0 Å². The second kappa shape index (κ2) is 7.65. The minimum Gasteiger partial charge on any atom is -0.385 e. The number of amides is 1. The number of nitrogens with zero attached hydrogens (tertiary/aromatic N) is 1. The number of hydrogen-bond donors (Lipinski definition) is 2. The predicted molar refractivity (Wildman–Crippen MR) is 98.0 cm³/mol. The molecule has 4 nitrogen and oxygen atoms in total.